The van der Waals surface area contributed by atoms with Crippen molar-refractivity contribution in [1.29, 1.82) is 0 Å². The lowest BCUT2D eigenvalue weighted by Gasteiger charge is -2.07. The van der Waals surface area contributed by atoms with Gasteiger partial charge in [-0.3, -0.25) is 0 Å². The molecule has 1 heterocycles. The van der Waals surface area contributed by atoms with Gasteiger partial charge in [0, 0.05) is 25.9 Å². The number of guanidine groups is 1. The summed E-state index contributed by atoms with van der Waals surface area (Å²) in [6, 6.07) is 11.7. The fourth-order valence-electron chi connectivity index (χ4n) is 2.18. The van der Waals surface area contributed by atoms with Gasteiger partial charge in [-0.25, -0.2) is 9.98 Å². The van der Waals surface area contributed by atoms with E-state index in [1.165, 1.54) is 5.56 Å². The van der Waals surface area contributed by atoms with E-state index in [0.717, 1.165) is 17.7 Å². The van der Waals surface area contributed by atoms with E-state index in [0.29, 0.717) is 38.1 Å². The molecule has 0 fully saturated rings. The van der Waals surface area contributed by atoms with E-state index in [1.807, 2.05) is 36.4 Å². The molecule has 0 aliphatic heterocycles. The van der Waals surface area contributed by atoms with Gasteiger partial charge in [-0.2, -0.15) is 0 Å². The molecular weight excluding hydrogens is 459 g/mol. The number of nitrogens with two attached hydrogens (primary N) is 1. The predicted octanol–water partition coefficient (Wildman–Crippen LogP) is 2.38. The molecule has 0 radical (unpaired) electrons. The van der Waals surface area contributed by atoms with Crippen LogP contribution in [0.5, 0.6) is 11.6 Å². The van der Waals surface area contributed by atoms with E-state index >= 15 is 0 Å². The Hall–Kier alpha value is -2.07. The van der Waals surface area contributed by atoms with Gasteiger partial charge in [0.15, 0.2) is 5.96 Å². The van der Waals surface area contributed by atoms with Gasteiger partial charge in [0.25, 0.3) is 0 Å². The third kappa shape index (κ3) is 8.91. The maximum absolute atomic E-state index is 5.90. The first-order chi connectivity index (χ1) is 12.7. The van der Waals surface area contributed by atoms with Crippen LogP contribution in [0.3, 0.4) is 0 Å². The summed E-state index contributed by atoms with van der Waals surface area (Å²) in [5.74, 6) is 1.84. The number of methoxy groups -OCH3 is 2. The fourth-order valence-corrected chi connectivity index (χ4v) is 2.18. The highest BCUT2D eigenvalue weighted by Crippen LogP contribution is 2.11. The minimum atomic E-state index is 0. The van der Waals surface area contributed by atoms with Crippen molar-refractivity contribution < 1.29 is 14.2 Å². The Kier molecular flexibility index (Phi) is 11.2. The van der Waals surface area contributed by atoms with Gasteiger partial charge < -0.3 is 25.3 Å². The smallest absolute Gasteiger partial charge is 0.213 e. The van der Waals surface area contributed by atoms with Crippen molar-refractivity contribution in [3.63, 3.8) is 0 Å². The molecule has 2 rings (SSSR count). The third-order valence-corrected chi connectivity index (χ3v) is 3.65. The number of aliphatic imine (C=N–C) groups is 1. The van der Waals surface area contributed by atoms with Crippen LogP contribution in [0, 0.1) is 0 Å². The molecule has 0 atom stereocenters. The van der Waals surface area contributed by atoms with Gasteiger partial charge in [-0.05, 0) is 29.7 Å². The highest BCUT2D eigenvalue weighted by atomic mass is 127. The Morgan fingerprint density at radius 2 is 1.81 bits per heavy atom. The van der Waals surface area contributed by atoms with Crippen LogP contribution in [-0.2, 0) is 17.7 Å². The molecule has 0 bridgehead atoms. The molecule has 0 unspecified atom stereocenters. The Balaban J connectivity index is 0.00000364. The molecule has 2 aromatic rings. The van der Waals surface area contributed by atoms with E-state index in [9.17, 15) is 0 Å². The SMILES string of the molecule is COCCOc1ccc(CN=C(N)NCCc2ccc(OC)cc2)cn1.I. The van der Waals surface area contributed by atoms with E-state index in [2.05, 4.69) is 15.3 Å². The maximum Gasteiger partial charge on any atom is 0.213 e. The van der Waals surface area contributed by atoms with E-state index in [1.54, 1.807) is 20.4 Å². The summed E-state index contributed by atoms with van der Waals surface area (Å²) in [5.41, 5.74) is 8.07. The van der Waals surface area contributed by atoms with Crippen LogP contribution in [0.25, 0.3) is 0 Å². The van der Waals surface area contributed by atoms with Crippen molar-refractivity contribution >= 4 is 29.9 Å². The second kappa shape index (κ2) is 13.2. The molecule has 0 aliphatic carbocycles. The quantitative estimate of drug-likeness (QED) is 0.232. The molecule has 8 heteroatoms. The van der Waals surface area contributed by atoms with Crippen LogP contribution in [0.4, 0.5) is 0 Å². The third-order valence-electron chi connectivity index (χ3n) is 3.65. The lowest BCUT2D eigenvalue weighted by atomic mass is 10.1. The summed E-state index contributed by atoms with van der Waals surface area (Å²) in [6.07, 6.45) is 2.59. The van der Waals surface area contributed by atoms with Crippen LogP contribution in [0.1, 0.15) is 11.1 Å². The largest absolute Gasteiger partial charge is 0.497 e. The average molecular weight is 486 g/mol. The van der Waals surface area contributed by atoms with Gasteiger partial charge in [0.05, 0.1) is 20.3 Å². The average Bonchev–Trinajstić information content (AvgIpc) is 2.68. The number of benzene rings is 1. The molecule has 0 saturated heterocycles. The van der Waals surface area contributed by atoms with Crippen molar-refractivity contribution in [2.75, 3.05) is 34.0 Å². The summed E-state index contributed by atoms with van der Waals surface area (Å²) in [4.78, 5) is 8.55. The topological polar surface area (TPSA) is 91.0 Å². The van der Waals surface area contributed by atoms with Crippen molar-refractivity contribution in [2.45, 2.75) is 13.0 Å². The highest BCUT2D eigenvalue weighted by Gasteiger charge is 1.99. The van der Waals surface area contributed by atoms with E-state index in [-0.39, 0.29) is 24.0 Å². The monoisotopic (exact) mass is 486 g/mol. The zero-order valence-corrected chi connectivity index (χ0v) is 18.0. The first kappa shape index (κ1) is 23.0. The summed E-state index contributed by atoms with van der Waals surface area (Å²) < 4.78 is 15.5. The number of halogens is 1. The van der Waals surface area contributed by atoms with Crippen molar-refractivity contribution in [3.8, 4) is 11.6 Å². The second-order valence-electron chi connectivity index (χ2n) is 5.57. The Bertz CT molecular complexity index is 678. The number of pyridine rings is 1. The number of nitrogens with zero attached hydrogens (tertiary/aromatic N) is 2. The standard InChI is InChI=1S/C19H26N4O3.HI/c1-24-11-12-26-18-8-5-16(13-22-18)14-23-19(20)21-10-9-15-3-6-17(25-2)7-4-15;/h3-8,13H,9-12,14H2,1-2H3,(H3,20,21,23);1H. The summed E-state index contributed by atoms with van der Waals surface area (Å²) >= 11 is 0. The second-order valence-corrected chi connectivity index (χ2v) is 5.57. The van der Waals surface area contributed by atoms with Crippen LogP contribution in [0.15, 0.2) is 47.6 Å². The Morgan fingerprint density at radius 1 is 1.07 bits per heavy atom. The number of aromatic nitrogens is 1. The van der Waals surface area contributed by atoms with Gasteiger partial charge in [0.1, 0.15) is 12.4 Å². The van der Waals surface area contributed by atoms with Gasteiger partial charge in [-0.1, -0.05) is 18.2 Å². The minimum Gasteiger partial charge on any atom is -0.497 e. The summed E-state index contributed by atoms with van der Waals surface area (Å²) in [7, 11) is 3.29. The number of hydrogen-bond acceptors (Lipinski definition) is 5. The van der Waals surface area contributed by atoms with Gasteiger partial charge in [-0.15, -0.1) is 24.0 Å². The normalized spacial score (nSPS) is 10.8. The number of ether oxygens (including phenoxy) is 3. The highest BCUT2D eigenvalue weighted by molar-refractivity contribution is 14.0. The molecule has 1 aromatic heterocycles. The van der Waals surface area contributed by atoms with Crippen LogP contribution >= 0.6 is 24.0 Å². The number of rotatable bonds is 10. The first-order valence-corrected chi connectivity index (χ1v) is 8.44. The molecule has 0 spiro atoms. The lowest BCUT2D eigenvalue weighted by molar-refractivity contribution is 0.143. The Morgan fingerprint density at radius 3 is 2.44 bits per heavy atom. The Labute approximate surface area is 177 Å². The molecular formula is C19H27IN4O3. The molecule has 148 valence electrons. The lowest BCUT2D eigenvalue weighted by Crippen LogP contribution is -2.33. The minimum absolute atomic E-state index is 0. The van der Waals surface area contributed by atoms with Crippen molar-refractivity contribution in [2.24, 2.45) is 10.7 Å². The predicted molar refractivity (Wildman–Crippen MR) is 117 cm³/mol. The molecule has 3 N–H and O–H groups in total. The molecule has 1 aromatic carbocycles. The molecule has 27 heavy (non-hydrogen) atoms. The zero-order chi connectivity index (χ0) is 18.6. The molecule has 0 amide bonds. The van der Waals surface area contributed by atoms with E-state index < -0.39 is 0 Å². The van der Waals surface area contributed by atoms with E-state index in [4.69, 9.17) is 19.9 Å². The van der Waals surface area contributed by atoms with Crippen LogP contribution < -0.4 is 20.5 Å². The summed E-state index contributed by atoms with van der Waals surface area (Å²) in [5, 5.41) is 3.11. The van der Waals surface area contributed by atoms with Gasteiger partial charge >= 0.3 is 0 Å². The van der Waals surface area contributed by atoms with Crippen molar-refractivity contribution in [1.82, 2.24) is 10.3 Å². The first-order valence-electron chi connectivity index (χ1n) is 8.44. The molecule has 0 saturated carbocycles. The number of nitrogens with one attached hydrogen (secondary N) is 1. The summed E-state index contributed by atoms with van der Waals surface area (Å²) in [6.45, 7) is 2.19. The molecule has 7 nitrogen and oxygen atoms in total. The van der Waals surface area contributed by atoms with Crippen LogP contribution in [0.2, 0.25) is 0 Å². The fraction of sp³-hybridized carbons (Fsp3) is 0.368. The zero-order valence-electron chi connectivity index (χ0n) is 15.7. The van der Waals surface area contributed by atoms with Crippen LogP contribution in [-0.4, -0.2) is 44.9 Å². The number of hydrogen-bond donors (Lipinski definition) is 2. The molecule has 0 aliphatic rings. The maximum atomic E-state index is 5.90. The van der Waals surface area contributed by atoms with Gasteiger partial charge in [0.2, 0.25) is 5.88 Å². The van der Waals surface area contributed by atoms with Crippen molar-refractivity contribution in [3.05, 3.63) is 53.7 Å².